The third kappa shape index (κ3) is 3.39. The lowest BCUT2D eigenvalue weighted by molar-refractivity contribution is 0.0116. The Balaban J connectivity index is 3.01. The zero-order chi connectivity index (χ0) is 13.2. The van der Waals surface area contributed by atoms with Gasteiger partial charge in [-0.05, 0) is 50.0 Å². The number of rotatable bonds is 4. The number of nitrogens with zero attached hydrogens (tertiary/aromatic N) is 2. The summed E-state index contributed by atoms with van der Waals surface area (Å²) >= 11 is 3.45. The number of halogens is 1. The van der Waals surface area contributed by atoms with Crippen LogP contribution >= 0.6 is 15.9 Å². The molecule has 0 spiro atoms. The second-order valence-electron chi connectivity index (χ2n) is 4.74. The molecule has 0 amide bonds. The summed E-state index contributed by atoms with van der Waals surface area (Å²) in [5.41, 5.74) is 1.21. The van der Waals surface area contributed by atoms with Crippen LogP contribution in [0.4, 0.5) is 0 Å². The number of hydrogen-bond donors (Lipinski definition) is 0. The number of hydrogen-bond acceptors (Lipinski definition) is 3. The van der Waals surface area contributed by atoms with E-state index in [0.717, 1.165) is 22.3 Å². The minimum absolute atomic E-state index is 0.199. The van der Waals surface area contributed by atoms with Crippen LogP contribution in [0.2, 0.25) is 0 Å². The predicted molar refractivity (Wildman–Crippen MR) is 71.4 cm³/mol. The van der Waals surface area contributed by atoms with Gasteiger partial charge < -0.3 is 4.74 Å². The molecule has 0 saturated carbocycles. The first-order valence-electron chi connectivity index (χ1n) is 5.57. The van der Waals surface area contributed by atoms with Gasteiger partial charge >= 0.3 is 5.69 Å². The Hall–Kier alpha value is -0.680. The SMILES string of the molecule is COC(C)(C)CCn1c(C)c(Br)c(C)nc1=O. The first kappa shape index (κ1) is 14.4. The molecule has 0 aromatic carbocycles. The Labute approximate surface area is 110 Å². The van der Waals surface area contributed by atoms with Crippen LogP contribution in [0.5, 0.6) is 0 Å². The Morgan fingerprint density at radius 3 is 2.53 bits per heavy atom. The molecule has 0 bridgehead atoms. The molecule has 17 heavy (non-hydrogen) atoms. The molecule has 0 fully saturated rings. The molecule has 1 rings (SSSR count). The topological polar surface area (TPSA) is 44.1 Å². The van der Waals surface area contributed by atoms with Gasteiger partial charge in [-0.15, -0.1) is 0 Å². The van der Waals surface area contributed by atoms with Crippen LogP contribution in [0.15, 0.2) is 9.27 Å². The molecule has 0 N–H and O–H groups in total. The fourth-order valence-corrected chi connectivity index (χ4v) is 1.83. The molecular formula is C12H19BrN2O2. The Morgan fingerprint density at radius 1 is 1.41 bits per heavy atom. The smallest absolute Gasteiger partial charge is 0.348 e. The van der Waals surface area contributed by atoms with Gasteiger partial charge in [0.2, 0.25) is 0 Å². The third-order valence-electron chi connectivity index (χ3n) is 3.02. The molecule has 0 aliphatic rings. The standard InChI is InChI=1S/C12H19BrN2O2/c1-8-10(13)9(2)15(11(16)14-8)7-6-12(3,4)17-5/h6-7H2,1-5H3. The molecular weight excluding hydrogens is 284 g/mol. The van der Waals surface area contributed by atoms with Crippen LogP contribution in [0.3, 0.4) is 0 Å². The summed E-state index contributed by atoms with van der Waals surface area (Å²) in [7, 11) is 1.68. The normalized spacial score (nSPS) is 11.9. The Bertz CT molecular complexity index is 466. The van der Waals surface area contributed by atoms with E-state index in [9.17, 15) is 4.79 Å². The average Bonchev–Trinajstić information content (AvgIpc) is 2.26. The average molecular weight is 303 g/mol. The van der Waals surface area contributed by atoms with Gasteiger partial charge in [0.1, 0.15) is 0 Å². The molecule has 1 heterocycles. The van der Waals surface area contributed by atoms with E-state index in [1.807, 2.05) is 27.7 Å². The van der Waals surface area contributed by atoms with Crippen molar-refractivity contribution < 1.29 is 4.74 Å². The van der Waals surface area contributed by atoms with Crippen molar-refractivity contribution >= 4 is 15.9 Å². The van der Waals surface area contributed by atoms with Crippen LogP contribution in [-0.2, 0) is 11.3 Å². The van der Waals surface area contributed by atoms with E-state index in [1.54, 1.807) is 11.7 Å². The number of aromatic nitrogens is 2. The van der Waals surface area contributed by atoms with Crippen molar-refractivity contribution in [2.24, 2.45) is 0 Å². The van der Waals surface area contributed by atoms with Gasteiger partial charge in [0.05, 0.1) is 15.8 Å². The summed E-state index contributed by atoms with van der Waals surface area (Å²) in [5, 5.41) is 0. The Kier molecular flexibility index (Phi) is 4.49. The summed E-state index contributed by atoms with van der Waals surface area (Å²) in [6.07, 6.45) is 0.765. The number of ether oxygens (including phenoxy) is 1. The maximum absolute atomic E-state index is 11.8. The van der Waals surface area contributed by atoms with Gasteiger partial charge in [-0.2, -0.15) is 4.98 Å². The second-order valence-corrected chi connectivity index (χ2v) is 5.54. The Morgan fingerprint density at radius 2 is 2.00 bits per heavy atom. The molecule has 0 aliphatic heterocycles. The summed E-state index contributed by atoms with van der Waals surface area (Å²) in [6, 6.07) is 0. The van der Waals surface area contributed by atoms with Crippen LogP contribution in [0.1, 0.15) is 31.7 Å². The molecule has 1 aromatic rings. The highest BCUT2D eigenvalue weighted by atomic mass is 79.9. The molecule has 4 nitrogen and oxygen atoms in total. The zero-order valence-corrected chi connectivity index (χ0v) is 12.6. The van der Waals surface area contributed by atoms with Crippen molar-refractivity contribution in [3.63, 3.8) is 0 Å². The summed E-state index contributed by atoms with van der Waals surface area (Å²) in [4.78, 5) is 15.8. The molecule has 0 saturated heterocycles. The molecule has 0 unspecified atom stereocenters. The van der Waals surface area contributed by atoms with Crippen LogP contribution in [0.25, 0.3) is 0 Å². The highest BCUT2D eigenvalue weighted by Gasteiger charge is 2.18. The molecule has 0 atom stereocenters. The monoisotopic (exact) mass is 302 g/mol. The summed E-state index contributed by atoms with van der Waals surface area (Å²) in [5.74, 6) is 0. The van der Waals surface area contributed by atoms with Crippen LogP contribution in [0, 0.1) is 13.8 Å². The lowest BCUT2D eigenvalue weighted by Crippen LogP contribution is -2.31. The lowest BCUT2D eigenvalue weighted by Gasteiger charge is -2.23. The van der Waals surface area contributed by atoms with Crippen molar-refractivity contribution in [2.75, 3.05) is 7.11 Å². The van der Waals surface area contributed by atoms with Crippen molar-refractivity contribution in [1.82, 2.24) is 9.55 Å². The second kappa shape index (κ2) is 5.31. The third-order valence-corrected chi connectivity index (χ3v) is 4.17. The van der Waals surface area contributed by atoms with Gasteiger partial charge in [-0.1, -0.05) is 0 Å². The quantitative estimate of drug-likeness (QED) is 0.858. The maximum atomic E-state index is 11.8. The first-order valence-corrected chi connectivity index (χ1v) is 6.36. The van der Waals surface area contributed by atoms with E-state index < -0.39 is 0 Å². The first-order chi connectivity index (χ1) is 7.78. The fraction of sp³-hybridized carbons (Fsp3) is 0.667. The number of methoxy groups -OCH3 is 1. The maximum Gasteiger partial charge on any atom is 0.348 e. The minimum Gasteiger partial charge on any atom is -0.379 e. The van der Waals surface area contributed by atoms with E-state index in [-0.39, 0.29) is 11.3 Å². The molecule has 96 valence electrons. The molecule has 1 aromatic heterocycles. The highest BCUT2D eigenvalue weighted by Crippen LogP contribution is 2.19. The van der Waals surface area contributed by atoms with E-state index >= 15 is 0 Å². The van der Waals surface area contributed by atoms with Gasteiger partial charge in [0.15, 0.2) is 0 Å². The molecule has 0 radical (unpaired) electrons. The van der Waals surface area contributed by atoms with Gasteiger partial charge in [0.25, 0.3) is 0 Å². The van der Waals surface area contributed by atoms with Crippen molar-refractivity contribution in [3.05, 3.63) is 26.3 Å². The van der Waals surface area contributed by atoms with Gasteiger partial charge in [-0.25, -0.2) is 4.79 Å². The van der Waals surface area contributed by atoms with Crippen molar-refractivity contribution in [2.45, 2.75) is 46.3 Å². The molecule has 5 heteroatoms. The predicted octanol–water partition coefficient (Wildman–Crippen LogP) is 2.44. The summed E-state index contributed by atoms with van der Waals surface area (Å²) < 4.78 is 7.92. The summed E-state index contributed by atoms with van der Waals surface area (Å²) in [6.45, 7) is 8.35. The minimum atomic E-state index is -0.233. The fourth-order valence-electron chi connectivity index (χ4n) is 1.52. The number of aryl methyl sites for hydroxylation is 1. The zero-order valence-electron chi connectivity index (χ0n) is 11.0. The van der Waals surface area contributed by atoms with Crippen LogP contribution in [-0.4, -0.2) is 22.3 Å². The van der Waals surface area contributed by atoms with E-state index in [0.29, 0.717) is 6.54 Å². The van der Waals surface area contributed by atoms with Crippen LogP contribution < -0.4 is 5.69 Å². The molecule has 0 aliphatic carbocycles. The van der Waals surface area contributed by atoms with E-state index in [2.05, 4.69) is 20.9 Å². The van der Waals surface area contributed by atoms with Crippen molar-refractivity contribution in [1.29, 1.82) is 0 Å². The van der Waals surface area contributed by atoms with Crippen molar-refractivity contribution in [3.8, 4) is 0 Å². The highest BCUT2D eigenvalue weighted by molar-refractivity contribution is 9.10. The van der Waals surface area contributed by atoms with Gasteiger partial charge in [-0.3, -0.25) is 4.57 Å². The largest absolute Gasteiger partial charge is 0.379 e. The van der Waals surface area contributed by atoms with E-state index in [1.165, 1.54) is 0 Å². The lowest BCUT2D eigenvalue weighted by atomic mass is 10.1. The van der Waals surface area contributed by atoms with E-state index in [4.69, 9.17) is 4.74 Å². The van der Waals surface area contributed by atoms with Gasteiger partial charge in [0, 0.05) is 19.3 Å².